The summed E-state index contributed by atoms with van der Waals surface area (Å²) >= 11 is 1.25. The number of aryl methyl sites for hydroxylation is 1. The highest BCUT2D eigenvalue weighted by Crippen LogP contribution is 2.39. The highest BCUT2D eigenvalue weighted by atomic mass is 32.1. The molecule has 3 amide bonds. The van der Waals surface area contributed by atoms with Crippen molar-refractivity contribution in [3.63, 3.8) is 0 Å². The van der Waals surface area contributed by atoms with Crippen LogP contribution in [0.4, 0.5) is 0 Å². The maximum Gasteiger partial charge on any atom is 0.292 e. The van der Waals surface area contributed by atoms with Crippen molar-refractivity contribution in [3.8, 4) is 0 Å². The summed E-state index contributed by atoms with van der Waals surface area (Å²) < 4.78 is 1.31. The van der Waals surface area contributed by atoms with Gasteiger partial charge in [0.25, 0.3) is 11.5 Å². The number of nitrogens with zero attached hydrogens (tertiary/aromatic N) is 2. The number of benzene rings is 1. The highest BCUT2D eigenvalue weighted by molar-refractivity contribution is 7.11. The topological polar surface area (TPSA) is 127 Å². The van der Waals surface area contributed by atoms with Crippen LogP contribution in [0.5, 0.6) is 0 Å². The Morgan fingerprint density at radius 3 is 2.56 bits per heavy atom. The van der Waals surface area contributed by atoms with Gasteiger partial charge in [-0.15, -0.1) is 11.3 Å². The first kappa shape index (κ1) is 22.1. The average Bonchev–Trinajstić information content (AvgIpc) is 3.59. The number of piperidine rings is 1. The van der Waals surface area contributed by atoms with Crippen LogP contribution in [-0.2, 0) is 20.9 Å². The summed E-state index contributed by atoms with van der Waals surface area (Å²) in [5, 5.41) is 6.84. The number of Topliss-reactive ketones (excluding diaryl/α,β-unsaturated/α-hetero) is 1. The number of ketones is 1. The molecule has 1 aromatic carbocycles. The smallest absolute Gasteiger partial charge is 0.292 e. The fourth-order valence-corrected chi connectivity index (χ4v) is 5.17. The summed E-state index contributed by atoms with van der Waals surface area (Å²) in [5.74, 6) is -1.32. The number of thiophene rings is 1. The van der Waals surface area contributed by atoms with E-state index < -0.39 is 23.6 Å². The summed E-state index contributed by atoms with van der Waals surface area (Å²) in [7, 11) is 0. The van der Waals surface area contributed by atoms with E-state index in [0.717, 1.165) is 12.8 Å². The van der Waals surface area contributed by atoms with E-state index in [9.17, 15) is 24.0 Å². The standard InChI is InChI=1S/C24H22N4O5S/c1-12-26-20-16(24(33)28(12)17-8-9-19(29)27-22(17)31)11-34-18(20)10-25-23(32)21(30)15-6-4-14(5-7-15)13-2-3-13/h4-7,11,13,17H,2-3,8-10H2,1H3,(H,25,32)(H,27,29,31). The lowest BCUT2D eigenvalue weighted by Gasteiger charge is -2.24. The third-order valence-electron chi connectivity index (χ3n) is 6.27. The van der Waals surface area contributed by atoms with Gasteiger partial charge in [-0.05, 0) is 37.7 Å². The maximum absolute atomic E-state index is 13.1. The molecule has 5 rings (SSSR count). The Hall–Kier alpha value is -3.66. The Morgan fingerprint density at radius 1 is 1.15 bits per heavy atom. The molecular formula is C24H22N4O5S. The van der Waals surface area contributed by atoms with E-state index in [-0.39, 0.29) is 30.9 Å². The molecule has 2 fully saturated rings. The van der Waals surface area contributed by atoms with Crippen LogP contribution >= 0.6 is 11.3 Å². The molecule has 1 aliphatic carbocycles. The minimum Gasteiger partial charge on any atom is -0.344 e. The number of carbonyl (C=O) groups excluding carboxylic acids is 4. The van der Waals surface area contributed by atoms with Crippen LogP contribution < -0.4 is 16.2 Å². The zero-order valence-electron chi connectivity index (χ0n) is 18.4. The number of carbonyl (C=O) groups is 4. The van der Waals surface area contributed by atoms with Crippen molar-refractivity contribution in [1.82, 2.24) is 20.2 Å². The Bertz CT molecular complexity index is 1400. The lowest BCUT2D eigenvalue weighted by Crippen LogP contribution is -2.45. The monoisotopic (exact) mass is 478 g/mol. The molecule has 34 heavy (non-hydrogen) atoms. The van der Waals surface area contributed by atoms with Crippen LogP contribution in [0, 0.1) is 6.92 Å². The van der Waals surface area contributed by atoms with Crippen molar-refractivity contribution in [2.75, 3.05) is 0 Å². The fraction of sp³-hybridized carbons (Fsp3) is 0.333. The van der Waals surface area contributed by atoms with Crippen LogP contribution in [0.1, 0.15) is 64.3 Å². The molecule has 1 aliphatic heterocycles. The van der Waals surface area contributed by atoms with Gasteiger partial charge in [-0.25, -0.2) is 4.98 Å². The van der Waals surface area contributed by atoms with E-state index in [2.05, 4.69) is 15.6 Å². The molecule has 1 atom stereocenters. The molecule has 2 N–H and O–H groups in total. The summed E-state index contributed by atoms with van der Waals surface area (Å²) in [5.41, 5.74) is 1.57. The van der Waals surface area contributed by atoms with Crippen molar-refractivity contribution < 1.29 is 19.2 Å². The van der Waals surface area contributed by atoms with E-state index >= 15 is 0 Å². The molecule has 0 bridgehead atoms. The van der Waals surface area contributed by atoms with E-state index in [4.69, 9.17) is 0 Å². The maximum atomic E-state index is 13.1. The molecule has 1 unspecified atom stereocenters. The van der Waals surface area contributed by atoms with E-state index in [1.807, 2.05) is 12.1 Å². The number of fused-ring (bicyclic) bond motifs is 1. The van der Waals surface area contributed by atoms with Crippen molar-refractivity contribution in [2.45, 2.75) is 51.1 Å². The fourth-order valence-electron chi connectivity index (χ4n) is 4.27. The Labute approximate surface area is 198 Å². The zero-order chi connectivity index (χ0) is 24.0. The van der Waals surface area contributed by atoms with E-state index in [0.29, 0.717) is 33.1 Å². The third kappa shape index (κ3) is 4.05. The quantitative estimate of drug-likeness (QED) is 0.317. The van der Waals surface area contributed by atoms with Crippen LogP contribution in [0.2, 0.25) is 0 Å². The number of nitrogens with one attached hydrogen (secondary N) is 2. The van der Waals surface area contributed by atoms with Gasteiger partial charge in [-0.3, -0.25) is 33.9 Å². The van der Waals surface area contributed by atoms with Crippen molar-refractivity contribution in [2.24, 2.45) is 0 Å². The number of rotatable bonds is 6. The first-order valence-electron chi connectivity index (χ1n) is 11.1. The van der Waals surface area contributed by atoms with Gasteiger partial charge >= 0.3 is 0 Å². The van der Waals surface area contributed by atoms with Crippen LogP contribution in [0.25, 0.3) is 10.9 Å². The van der Waals surface area contributed by atoms with Gasteiger partial charge in [0, 0.05) is 17.4 Å². The van der Waals surface area contributed by atoms with Gasteiger partial charge in [0.05, 0.1) is 22.3 Å². The predicted molar refractivity (Wildman–Crippen MR) is 125 cm³/mol. The molecule has 2 aromatic heterocycles. The van der Waals surface area contributed by atoms with Crippen molar-refractivity contribution in [1.29, 1.82) is 0 Å². The SMILES string of the molecule is Cc1nc2c(CNC(=O)C(=O)c3ccc(C4CC4)cc3)scc2c(=O)n1C1CCC(=O)NC1=O. The Balaban J connectivity index is 1.33. The number of imide groups is 1. The molecule has 0 radical (unpaired) electrons. The van der Waals surface area contributed by atoms with Crippen LogP contribution in [-0.4, -0.2) is 33.1 Å². The second kappa shape index (κ2) is 8.60. The molecule has 174 valence electrons. The normalized spacial score (nSPS) is 18.1. The highest BCUT2D eigenvalue weighted by Gasteiger charge is 2.31. The molecule has 3 aromatic rings. The lowest BCUT2D eigenvalue weighted by molar-refractivity contribution is -0.135. The second-order valence-corrected chi connectivity index (χ2v) is 9.59. The third-order valence-corrected chi connectivity index (χ3v) is 7.24. The molecule has 0 spiro atoms. The molecule has 9 nitrogen and oxygen atoms in total. The largest absolute Gasteiger partial charge is 0.344 e. The summed E-state index contributed by atoms with van der Waals surface area (Å²) in [4.78, 5) is 66.9. The summed E-state index contributed by atoms with van der Waals surface area (Å²) in [6.07, 6.45) is 2.71. The molecule has 10 heteroatoms. The van der Waals surface area contributed by atoms with Gasteiger partial charge in [0.15, 0.2) is 0 Å². The van der Waals surface area contributed by atoms with Gasteiger partial charge in [-0.2, -0.15) is 0 Å². The van der Waals surface area contributed by atoms with Gasteiger partial charge in [0.2, 0.25) is 17.6 Å². The zero-order valence-corrected chi connectivity index (χ0v) is 19.2. The molecular weight excluding hydrogens is 456 g/mol. The molecule has 3 heterocycles. The minimum absolute atomic E-state index is 0.0488. The second-order valence-electron chi connectivity index (χ2n) is 8.63. The Kier molecular flexibility index (Phi) is 5.60. The molecule has 1 saturated heterocycles. The summed E-state index contributed by atoms with van der Waals surface area (Å²) in [6, 6.07) is 6.35. The first-order valence-corrected chi connectivity index (χ1v) is 12.0. The number of aromatic nitrogens is 2. The predicted octanol–water partition coefficient (Wildman–Crippen LogP) is 2.12. The minimum atomic E-state index is -0.797. The van der Waals surface area contributed by atoms with E-state index in [1.165, 1.54) is 21.5 Å². The van der Waals surface area contributed by atoms with Crippen LogP contribution in [0.3, 0.4) is 0 Å². The first-order chi connectivity index (χ1) is 16.3. The average molecular weight is 479 g/mol. The molecule has 2 aliphatic rings. The lowest BCUT2D eigenvalue weighted by atomic mass is 10.1. The number of hydrogen-bond donors (Lipinski definition) is 2. The summed E-state index contributed by atoms with van der Waals surface area (Å²) in [6.45, 7) is 1.67. The van der Waals surface area contributed by atoms with E-state index in [1.54, 1.807) is 24.4 Å². The van der Waals surface area contributed by atoms with Gasteiger partial charge < -0.3 is 5.32 Å². The van der Waals surface area contributed by atoms with Crippen molar-refractivity contribution in [3.05, 3.63) is 61.8 Å². The van der Waals surface area contributed by atoms with Crippen LogP contribution in [0.15, 0.2) is 34.4 Å². The van der Waals surface area contributed by atoms with Gasteiger partial charge in [0.1, 0.15) is 11.9 Å². The number of amides is 3. The Morgan fingerprint density at radius 2 is 1.88 bits per heavy atom. The molecule has 1 saturated carbocycles. The number of hydrogen-bond acceptors (Lipinski definition) is 7. The van der Waals surface area contributed by atoms with Gasteiger partial charge in [-0.1, -0.05) is 24.3 Å². The van der Waals surface area contributed by atoms with Crippen molar-refractivity contribution >= 4 is 45.7 Å².